The number of hydrogen-bond acceptors (Lipinski definition) is 4. The summed E-state index contributed by atoms with van der Waals surface area (Å²) in [6.07, 6.45) is 1.00. The first kappa shape index (κ1) is 14.7. The molecule has 3 N–H and O–H groups in total. The standard InChI is InChI=1S/C15H22N2O3/c1-8(2)17-14(15(16)18)11-7-12-10(5-9(3)20-12)6-13(11)19-4/h6-9,14,17H,5H2,1-4H3,(H2,16,18). The fraction of sp³-hybridized carbons (Fsp3) is 0.533. The molecule has 0 saturated carbocycles. The Morgan fingerprint density at radius 2 is 2.20 bits per heavy atom. The zero-order valence-electron chi connectivity index (χ0n) is 12.4. The van der Waals surface area contributed by atoms with Crippen LogP contribution >= 0.6 is 0 Å². The fourth-order valence-electron chi connectivity index (χ4n) is 2.52. The third-order valence-corrected chi connectivity index (χ3v) is 3.34. The average molecular weight is 278 g/mol. The average Bonchev–Trinajstić information content (AvgIpc) is 2.72. The number of nitrogens with two attached hydrogens (primary N) is 1. The highest BCUT2D eigenvalue weighted by Crippen LogP contribution is 2.37. The van der Waals surface area contributed by atoms with E-state index in [9.17, 15) is 4.79 Å². The van der Waals surface area contributed by atoms with Gasteiger partial charge in [0.25, 0.3) is 0 Å². The number of methoxy groups -OCH3 is 1. The van der Waals surface area contributed by atoms with Crippen LogP contribution in [0.3, 0.4) is 0 Å². The van der Waals surface area contributed by atoms with E-state index in [1.165, 1.54) is 0 Å². The zero-order valence-corrected chi connectivity index (χ0v) is 12.4. The van der Waals surface area contributed by atoms with Crippen LogP contribution in [0.4, 0.5) is 0 Å². The number of carbonyl (C=O) groups is 1. The SMILES string of the molecule is COc1cc2c(cc1C(NC(C)C)C(N)=O)OC(C)C2. The minimum absolute atomic E-state index is 0.130. The van der Waals surface area contributed by atoms with Gasteiger partial charge in [-0.2, -0.15) is 0 Å². The van der Waals surface area contributed by atoms with E-state index in [-0.39, 0.29) is 12.1 Å². The van der Waals surface area contributed by atoms with Crippen LogP contribution in [0.15, 0.2) is 12.1 Å². The number of primary amides is 1. The van der Waals surface area contributed by atoms with Crippen LogP contribution in [-0.4, -0.2) is 25.2 Å². The van der Waals surface area contributed by atoms with Gasteiger partial charge in [0.1, 0.15) is 23.6 Å². The molecular formula is C15H22N2O3. The van der Waals surface area contributed by atoms with Gasteiger partial charge in [0.15, 0.2) is 0 Å². The number of benzene rings is 1. The summed E-state index contributed by atoms with van der Waals surface area (Å²) in [5.41, 5.74) is 7.34. The van der Waals surface area contributed by atoms with Crippen molar-refractivity contribution in [3.63, 3.8) is 0 Å². The highest BCUT2D eigenvalue weighted by atomic mass is 16.5. The molecule has 2 rings (SSSR count). The van der Waals surface area contributed by atoms with Gasteiger partial charge in [-0.3, -0.25) is 10.1 Å². The summed E-state index contributed by atoms with van der Waals surface area (Å²) in [5.74, 6) is 1.05. The second kappa shape index (κ2) is 5.71. The molecule has 1 aliphatic rings. The lowest BCUT2D eigenvalue weighted by Crippen LogP contribution is -2.37. The Hall–Kier alpha value is -1.75. The zero-order chi connectivity index (χ0) is 14.9. The number of ether oxygens (including phenoxy) is 2. The molecule has 1 heterocycles. The molecule has 2 atom stereocenters. The van der Waals surface area contributed by atoms with Crippen molar-refractivity contribution in [3.05, 3.63) is 23.3 Å². The van der Waals surface area contributed by atoms with Crippen molar-refractivity contribution in [2.75, 3.05) is 7.11 Å². The van der Waals surface area contributed by atoms with Crippen LogP contribution < -0.4 is 20.5 Å². The van der Waals surface area contributed by atoms with Crippen molar-refractivity contribution in [3.8, 4) is 11.5 Å². The Morgan fingerprint density at radius 1 is 1.50 bits per heavy atom. The van der Waals surface area contributed by atoms with Gasteiger partial charge in [0, 0.05) is 23.6 Å². The summed E-state index contributed by atoms with van der Waals surface area (Å²) < 4.78 is 11.2. The van der Waals surface area contributed by atoms with E-state index in [2.05, 4.69) is 5.32 Å². The molecule has 0 saturated heterocycles. The normalized spacial score (nSPS) is 18.6. The van der Waals surface area contributed by atoms with Crippen molar-refractivity contribution in [1.82, 2.24) is 5.32 Å². The van der Waals surface area contributed by atoms with Gasteiger partial charge >= 0.3 is 0 Å². The van der Waals surface area contributed by atoms with Gasteiger partial charge in [0.2, 0.25) is 5.91 Å². The van der Waals surface area contributed by atoms with Crippen LogP contribution in [0.2, 0.25) is 0 Å². The number of nitrogens with one attached hydrogen (secondary N) is 1. The lowest BCUT2D eigenvalue weighted by Gasteiger charge is -2.21. The van der Waals surface area contributed by atoms with E-state index in [1.54, 1.807) is 7.11 Å². The van der Waals surface area contributed by atoms with Crippen LogP contribution in [0, 0.1) is 0 Å². The Morgan fingerprint density at radius 3 is 2.75 bits per heavy atom. The Bertz CT molecular complexity index is 514. The maximum absolute atomic E-state index is 11.7. The first-order valence-electron chi connectivity index (χ1n) is 6.85. The number of amides is 1. The van der Waals surface area contributed by atoms with E-state index < -0.39 is 11.9 Å². The molecule has 2 unspecified atom stereocenters. The van der Waals surface area contributed by atoms with E-state index in [4.69, 9.17) is 15.2 Å². The predicted molar refractivity (Wildman–Crippen MR) is 77.0 cm³/mol. The van der Waals surface area contributed by atoms with Crippen molar-refractivity contribution >= 4 is 5.91 Å². The summed E-state index contributed by atoms with van der Waals surface area (Å²) in [7, 11) is 1.60. The largest absolute Gasteiger partial charge is 0.496 e. The summed E-state index contributed by atoms with van der Waals surface area (Å²) in [6.45, 7) is 5.95. The quantitative estimate of drug-likeness (QED) is 0.857. The van der Waals surface area contributed by atoms with E-state index in [0.29, 0.717) is 5.75 Å². The molecule has 0 spiro atoms. The minimum Gasteiger partial charge on any atom is -0.496 e. The Balaban J connectivity index is 2.43. The van der Waals surface area contributed by atoms with Gasteiger partial charge < -0.3 is 15.2 Å². The van der Waals surface area contributed by atoms with Crippen molar-refractivity contribution in [2.24, 2.45) is 5.73 Å². The molecule has 0 fully saturated rings. The maximum atomic E-state index is 11.7. The van der Waals surface area contributed by atoms with Crippen LogP contribution in [-0.2, 0) is 11.2 Å². The Labute approximate surface area is 119 Å². The first-order valence-corrected chi connectivity index (χ1v) is 6.85. The van der Waals surface area contributed by atoms with E-state index in [1.807, 2.05) is 32.9 Å². The third-order valence-electron chi connectivity index (χ3n) is 3.34. The van der Waals surface area contributed by atoms with Gasteiger partial charge in [-0.1, -0.05) is 0 Å². The molecule has 110 valence electrons. The van der Waals surface area contributed by atoms with Crippen LogP contribution in [0.25, 0.3) is 0 Å². The monoisotopic (exact) mass is 278 g/mol. The van der Waals surface area contributed by atoms with E-state index >= 15 is 0 Å². The van der Waals surface area contributed by atoms with Gasteiger partial charge in [0.05, 0.1) is 7.11 Å². The van der Waals surface area contributed by atoms with Gasteiger partial charge in [-0.25, -0.2) is 0 Å². The lowest BCUT2D eigenvalue weighted by molar-refractivity contribution is -0.120. The molecule has 0 bridgehead atoms. The van der Waals surface area contributed by atoms with Gasteiger partial charge in [-0.05, 0) is 32.9 Å². The number of carbonyl (C=O) groups excluding carboxylic acids is 1. The summed E-state index contributed by atoms with van der Waals surface area (Å²) in [5, 5.41) is 3.16. The highest BCUT2D eigenvalue weighted by molar-refractivity contribution is 5.82. The van der Waals surface area contributed by atoms with Gasteiger partial charge in [-0.15, -0.1) is 0 Å². The van der Waals surface area contributed by atoms with Crippen LogP contribution in [0.5, 0.6) is 11.5 Å². The van der Waals surface area contributed by atoms with Crippen molar-refractivity contribution < 1.29 is 14.3 Å². The smallest absolute Gasteiger partial charge is 0.239 e. The molecule has 20 heavy (non-hydrogen) atoms. The molecule has 1 aliphatic heterocycles. The molecule has 1 aromatic rings. The highest BCUT2D eigenvalue weighted by Gasteiger charge is 2.27. The molecule has 5 heteroatoms. The second-order valence-corrected chi connectivity index (χ2v) is 5.49. The second-order valence-electron chi connectivity index (χ2n) is 5.49. The first-order chi connectivity index (χ1) is 9.42. The molecular weight excluding hydrogens is 256 g/mol. The molecule has 5 nitrogen and oxygen atoms in total. The summed E-state index contributed by atoms with van der Waals surface area (Å²) >= 11 is 0. The number of hydrogen-bond donors (Lipinski definition) is 2. The summed E-state index contributed by atoms with van der Waals surface area (Å²) in [6, 6.07) is 3.34. The topological polar surface area (TPSA) is 73.6 Å². The molecule has 1 aromatic carbocycles. The molecule has 1 amide bonds. The minimum atomic E-state index is -0.588. The van der Waals surface area contributed by atoms with Crippen molar-refractivity contribution in [2.45, 2.75) is 45.4 Å². The number of rotatable bonds is 5. The Kier molecular flexibility index (Phi) is 4.18. The molecule has 0 radical (unpaired) electrons. The molecule has 0 aromatic heterocycles. The summed E-state index contributed by atoms with van der Waals surface area (Å²) in [4.78, 5) is 11.7. The molecule has 0 aliphatic carbocycles. The third kappa shape index (κ3) is 2.88. The maximum Gasteiger partial charge on any atom is 0.239 e. The van der Waals surface area contributed by atoms with Crippen molar-refractivity contribution in [1.29, 1.82) is 0 Å². The fourth-order valence-corrected chi connectivity index (χ4v) is 2.52. The van der Waals surface area contributed by atoms with Crippen LogP contribution in [0.1, 0.15) is 37.9 Å². The number of fused-ring (bicyclic) bond motifs is 1. The lowest BCUT2D eigenvalue weighted by atomic mass is 10.00. The predicted octanol–water partition coefficient (Wildman–Crippen LogP) is 1.54. The van der Waals surface area contributed by atoms with E-state index in [0.717, 1.165) is 23.3 Å².